The number of thiazole rings is 1. The Balaban J connectivity index is 1.21. The lowest BCUT2D eigenvalue weighted by molar-refractivity contribution is -0.136. The third-order valence-corrected chi connectivity index (χ3v) is 6.94. The van der Waals surface area contributed by atoms with Crippen LogP contribution in [0.15, 0.2) is 18.2 Å². The fourth-order valence-electron chi connectivity index (χ4n) is 4.31. The van der Waals surface area contributed by atoms with Crippen molar-refractivity contribution < 1.29 is 14.4 Å². The van der Waals surface area contributed by atoms with Crippen molar-refractivity contribution in [2.75, 3.05) is 6.54 Å². The van der Waals surface area contributed by atoms with Gasteiger partial charge < -0.3 is 15.5 Å². The highest BCUT2D eigenvalue weighted by Crippen LogP contribution is 2.28. The Labute approximate surface area is 178 Å². The third kappa shape index (κ3) is 3.64. The quantitative estimate of drug-likeness (QED) is 0.614. The van der Waals surface area contributed by atoms with E-state index in [0.29, 0.717) is 25.1 Å². The molecular weight excluding hydrogens is 402 g/mol. The number of nitrogens with zero attached hydrogens (tertiary/aromatic N) is 2. The van der Waals surface area contributed by atoms with Crippen molar-refractivity contribution >= 4 is 29.1 Å². The molecule has 1 fully saturated rings. The monoisotopic (exact) mass is 425 g/mol. The second-order valence-electron chi connectivity index (χ2n) is 7.90. The summed E-state index contributed by atoms with van der Waals surface area (Å²) in [6.07, 6.45) is 1.64. The number of aromatic nitrogens is 1. The van der Waals surface area contributed by atoms with Crippen molar-refractivity contribution in [2.24, 2.45) is 0 Å². The molecule has 1 unspecified atom stereocenters. The number of imide groups is 1. The molecule has 0 spiro atoms. The van der Waals surface area contributed by atoms with Gasteiger partial charge in [0, 0.05) is 56.0 Å². The van der Waals surface area contributed by atoms with Crippen molar-refractivity contribution in [1.29, 1.82) is 0 Å². The molecule has 30 heavy (non-hydrogen) atoms. The first-order valence-corrected chi connectivity index (χ1v) is 11.1. The summed E-state index contributed by atoms with van der Waals surface area (Å²) >= 11 is 1.76. The Morgan fingerprint density at radius 1 is 1.20 bits per heavy atom. The summed E-state index contributed by atoms with van der Waals surface area (Å²) in [7, 11) is 0. The van der Waals surface area contributed by atoms with E-state index in [-0.39, 0.29) is 24.1 Å². The van der Waals surface area contributed by atoms with E-state index in [1.807, 2.05) is 18.2 Å². The normalized spacial score (nSPS) is 20.9. The zero-order valence-electron chi connectivity index (χ0n) is 16.5. The topological polar surface area (TPSA) is 103 Å². The smallest absolute Gasteiger partial charge is 0.255 e. The molecule has 4 heterocycles. The van der Waals surface area contributed by atoms with E-state index in [4.69, 9.17) is 4.98 Å². The Morgan fingerprint density at radius 3 is 2.93 bits per heavy atom. The lowest BCUT2D eigenvalue weighted by Gasteiger charge is -2.29. The molecule has 3 aliphatic rings. The van der Waals surface area contributed by atoms with Gasteiger partial charge in [-0.05, 0) is 23.6 Å². The van der Waals surface area contributed by atoms with E-state index in [1.54, 1.807) is 16.2 Å². The van der Waals surface area contributed by atoms with Crippen LogP contribution in [0.5, 0.6) is 0 Å². The number of fused-ring (bicyclic) bond motifs is 2. The Bertz CT molecular complexity index is 1010. The van der Waals surface area contributed by atoms with E-state index < -0.39 is 6.04 Å². The Morgan fingerprint density at radius 2 is 2.10 bits per heavy atom. The van der Waals surface area contributed by atoms with Gasteiger partial charge in [-0.1, -0.05) is 12.1 Å². The van der Waals surface area contributed by atoms with Gasteiger partial charge in [0.15, 0.2) is 0 Å². The van der Waals surface area contributed by atoms with E-state index in [2.05, 4.69) is 16.0 Å². The highest BCUT2D eigenvalue weighted by atomic mass is 32.1. The highest BCUT2D eigenvalue weighted by molar-refractivity contribution is 7.11. The molecule has 1 aromatic heterocycles. The molecule has 9 heteroatoms. The van der Waals surface area contributed by atoms with Crippen LogP contribution in [0.4, 0.5) is 0 Å². The molecule has 3 N–H and O–H groups in total. The van der Waals surface area contributed by atoms with Crippen LogP contribution in [0.25, 0.3) is 0 Å². The summed E-state index contributed by atoms with van der Waals surface area (Å²) in [6.45, 7) is 3.71. The first-order chi connectivity index (χ1) is 14.6. The number of hydrogen-bond donors (Lipinski definition) is 3. The summed E-state index contributed by atoms with van der Waals surface area (Å²) in [5.41, 5.74) is 3.89. The minimum Gasteiger partial charge on any atom is -0.322 e. The first kappa shape index (κ1) is 19.3. The van der Waals surface area contributed by atoms with E-state index >= 15 is 0 Å². The highest BCUT2D eigenvalue weighted by Gasteiger charge is 2.39. The van der Waals surface area contributed by atoms with Gasteiger partial charge in [0.25, 0.3) is 5.91 Å². The molecule has 0 saturated carbocycles. The molecule has 2 aromatic rings. The SMILES string of the molecule is O=C1CCC(N2Cc3cc(CNCc4nc5c(s4)CNCC5)ccc3C2=O)C(=O)N1. The third-order valence-electron chi connectivity index (χ3n) is 5.84. The molecule has 1 atom stereocenters. The number of nitrogens with one attached hydrogen (secondary N) is 3. The minimum absolute atomic E-state index is 0.138. The van der Waals surface area contributed by atoms with Crippen molar-refractivity contribution in [2.45, 2.75) is 51.5 Å². The van der Waals surface area contributed by atoms with Gasteiger partial charge in [-0.25, -0.2) is 4.98 Å². The van der Waals surface area contributed by atoms with Crippen molar-refractivity contribution in [1.82, 2.24) is 25.8 Å². The van der Waals surface area contributed by atoms with Gasteiger partial charge in [-0.3, -0.25) is 19.7 Å². The summed E-state index contributed by atoms with van der Waals surface area (Å²) in [5.74, 6) is -0.789. The number of carbonyl (C=O) groups is 3. The Hall–Kier alpha value is -2.62. The average Bonchev–Trinajstić information content (AvgIpc) is 3.28. The molecule has 5 rings (SSSR count). The molecule has 0 bridgehead atoms. The first-order valence-electron chi connectivity index (χ1n) is 10.2. The summed E-state index contributed by atoms with van der Waals surface area (Å²) in [6, 6.07) is 5.25. The van der Waals surface area contributed by atoms with Crippen LogP contribution in [-0.4, -0.2) is 40.2 Å². The lowest BCUT2D eigenvalue weighted by Crippen LogP contribution is -2.52. The van der Waals surface area contributed by atoms with E-state index in [1.165, 1.54) is 10.6 Å². The largest absolute Gasteiger partial charge is 0.322 e. The van der Waals surface area contributed by atoms with Crippen molar-refractivity contribution in [3.63, 3.8) is 0 Å². The molecule has 1 aromatic carbocycles. The van der Waals surface area contributed by atoms with Crippen LogP contribution >= 0.6 is 11.3 Å². The molecule has 8 nitrogen and oxygen atoms in total. The molecule has 1 saturated heterocycles. The van der Waals surface area contributed by atoms with Crippen LogP contribution in [0.3, 0.4) is 0 Å². The fraction of sp³-hybridized carbons (Fsp3) is 0.429. The number of benzene rings is 1. The van der Waals surface area contributed by atoms with Gasteiger partial charge in [-0.2, -0.15) is 0 Å². The standard InChI is InChI=1S/C21H23N5O3S/c27-18-4-3-16(20(28)25-18)26-11-13-7-12(1-2-14(13)21(26)29)8-23-10-19-24-15-5-6-22-9-17(15)30-19/h1-2,7,16,22-23H,3-6,8-11H2,(H,25,27,28). The van der Waals surface area contributed by atoms with Gasteiger partial charge in [0.05, 0.1) is 5.69 Å². The molecule has 0 radical (unpaired) electrons. The summed E-state index contributed by atoms with van der Waals surface area (Å²) < 4.78 is 0. The number of carbonyl (C=O) groups excluding carboxylic acids is 3. The fourth-order valence-corrected chi connectivity index (χ4v) is 5.36. The minimum atomic E-state index is -0.574. The van der Waals surface area contributed by atoms with Gasteiger partial charge in [-0.15, -0.1) is 11.3 Å². The summed E-state index contributed by atoms with van der Waals surface area (Å²) in [5, 5.41) is 10.3. The van der Waals surface area contributed by atoms with Crippen LogP contribution in [0.1, 0.15) is 49.9 Å². The molecule has 3 aliphatic heterocycles. The summed E-state index contributed by atoms with van der Waals surface area (Å²) in [4.78, 5) is 44.0. The Kier molecular flexibility index (Phi) is 5.10. The van der Waals surface area contributed by atoms with Crippen molar-refractivity contribution in [3.05, 3.63) is 50.5 Å². The van der Waals surface area contributed by atoms with Crippen LogP contribution in [0, 0.1) is 0 Å². The maximum absolute atomic E-state index is 12.8. The van der Waals surface area contributed by atoms with E-state index in [9.17, 15) is 14.4 Å². The van der Waals surface area contributed by atoms with Gasteiger partial charge >= 0.3 is 0 Å². The van der Waals surface area contributed by atoms with Crippen LogP contribution < -0.4 is 16.0 Å². The van der Waals surface area contributed by atoms with Gasteiger partial charge in [0.1, 0.15) is 11.0 Å². The predicted octanol–water partition coefficient (Wildman–Crippen LogP) is 0.840. The number of hydrogen-bond acceptors (Lipinski definition) is 7. The zero-order valence-corrected chi connectivity index (χ0v) is 17.3. The lowest BCUT2D eigenvalue weighted by atomic mass is 10.0. The van der Waals surface area contributed by atoms with Crippen molar-refractivity contribution in [3.8, 4) is 0 Å². The van der Waals surface area contributed by atoms with Crippen LogP contribution in [-0.2, 0) is 42.2 Å². The van der Waals surface area contributed by atoms with Gasteiger partial charge in [0.2, 0.25) is 11.8 Å². The average molecular weight is 426 g/mol. The maximum atomic E-state index is 12.8. The zero-order chi connectivity index (χ0) is 20.7. The maximum Gasteiger partial charge on any atom is 0.255 e. The molecule has 156 valence electrons. The van der Waals surface area contributed by atoms with E-state index in [0.717, 1.165) is 42.2 Å². The second kappa shape index (κ2) is 7.90. The van der Waals surface area contributed by atoms with Crippen LogP contribution in [0.2, 0.25) is 0 Å². The number of rotatable bonds is 5. The molecular formula is C21H23N5O3S. The molecule has 3 amide bonds. The second-order valence-corrected chi connectivity index (χ2v) is 9.07. The number of amides is 3. The number of piperidine rings is 1. The predicted molar refractivity (Wildman–Crippen MR) is 111 cm³/mol. The molecule has 0 aliphatic carbocycles.